The second-order valence-corrected chi connectivity index (χ2v) is 9.65. The molecule has 2 rings (SSSR count). The molecule has 0 unspecified atom stereocenters. The van der Waals surface area contributed by atoms with Crippen molar-refractivity contribution < 1.29 is 14.3 Å². The van der Waals surface area contributed by atoms with E-state index < -0.39 is 0 Å². The fourth-order valence-corrected chi connectivity index (χ4v) is 3.85. The lowest BCUT2D eigenvalue weighted by Gasteiger charge is -2.33. The Kier molecular flexibility index (Phi) is 11.6. The molecule has 2 aromatic carbocycles. The first-order valence-corrected chi connectivity index (χ1v) is 12.2. The van der Waals surface area contributed by atoms with Crippen LogP contribution < -0.4 is 15.4 Å². The molecular weight excluding hydrogens is 478 g/mol. The molecule has 0 heterocycles. The molecule has 0 saturated carbocycles. The first-order valence-electron chi connectivity index (χ1n) is 11.8. The Morgan fingerprint density at radius 1 is 1.14 bits per heavy atom. The number of nitrogens with one attached hydrogen (secondary N) is 2. The topological polar surface area (TPSA) is 95.4 Å². The maximum Gasteiger partial charge on any atom is 0.251 e. The zero-order valence-electron chi connectivity index (χ0n) is 21.3. The summed E-state index contributed by atoms with van der Waals surface area (Å²) in [6, 6.07) is 12.5. The second-order valence-electron chi connectivity index (χ2n) is 9.25. The summed E-state index contributed by atoms with van der Waals surface area (Å²) >= 11 is 6.30. The number of hydrogen-bond donors (Lipinski definition) is 2. The number of aliphatic imine (C=N–C) groups is 2. The number of rotatable bonds is 15. The Morgan fingerprint density at radius 2 is 1.86 bits per heavy atom. The van der Waals surface area contributed by atoms with Crippen molar-refractivity contribution in [2.45, 2.75) is 26.8 Å². The van der Waals surface area contributed by atoms with Gasteiger partial charge in [-0.1, -0.05) is 31.5 Å². The zero-order chi connectivity index (χ0) is 26.6. The molecule has 0 fully saturated rings. The highest BCUT2D eigenvalue weighted by molar-refractivity contribution is 6.32. The van der Waals surface area contributed by atoms with E-state index in [9.17, 15) is 9.59 Å². The van der Waals surface area contributed by atoms with E-state index in [1.165, 1.54) is 0 Å². The quantitative estimate of drug-likeness (QED) is 0.276. The van der Waals surface area contributed by atoms with Crippen LogP contribution in [0.1, 0.15) is 36.2 Å². The third kappa shape index (κ3) is 9.43. The molecule has 0 spiro atoms. The van der Waals surface area contributed by atoms with Gasteiger partial charge in [-0.2, -0.15) is 0 Å². The minimum Gasteiger partial charge on any atom is -0.492 e. The molecule has 0 aliphatic rings. The molecule has 36 heavy (non-hydrogen) atoms. The fourth-order valence-electron chi connectivity index (χ4n) is 3.59. The summed E-state index contributed by atoms with van der Waals surface area (Å²) in [5.41, 5.74) is 1.87. The summed E-state index contributed by atoms with van der Waals surface area (Å²) in [6.07, 6.45) is 0.633. The van der Waals surface area contributed by atoms with Gasteiger partial charge < -0.3 is 20.3 Å². The SMILES string of the molecule is C=NCc1ccc(OCCCN(CC(C)(C)CNC(=O)c2ccc(N=C)cc2)C(=O)CNC)c(Cl)c1. The van der Waals surface area contributed by atoms with Crippen LogP contribution in [-0.2, 0) is 11.3 Å². The van der Waals surface area contributed by atoms with Gasteiger partial charge in [0.05, 0.1) is 30.4 Å². The van der Waals surface area contributed by atoms with E-state index in [0.717, 1.165) is 5.56 Å². The molecule has 0 aliphatic heterocycles. The number of amides is 2. The van der Waals surface area contributed by atoms with Crippen LogP contribution in [0.5, 0.6) is 5.75 Å². The summed E-state index contributed by atoms with van der Waals surface area (Å²) in [7, 11) is 1.74. The van der Waals surface area contributed by atoms with Crippen molar-refractivity contribution in [3.8, 4) is 5.75 Å². The van der Waals surface area contributed by atoms with Crippen LogP contribution in [0.15, 0.2) is 52.4 Å². The van der Waals surface area contributed by atoms with E-state index in [1.54, 1.807) is 36.2 Å². The average Bonchev–Trinajstić information content (AvgIpc) is 2.86. The molecule has 8 nitrogen and oxygen atoms in total. The third-order valence-electron chi connectivity index (χ3n) is 5.46. The van der Waals surface area contributed by atoms with Crippen LogP contribution in [0.25, 0.3) is 0 Å². The summed E-state index contributed by atoms with van der Waals surface area (Å²) < 4.78 is 5.84. The van der Waals surface area contributed by atoms with Gasteiger partial charge >= 0.3 is 0 Å². The minimum atomic E-state index is -0.346. The number of halogens is 1. The molecule has 0 aliphatic carbocycles. The molecule has 2 N–H and O–H groups in total. The van der Waals surface area contributed by atoms with E-state index in [0.29, 0.717) is 61.2 Å². The van der Waals surface area contributed by atoms with Crippen molar-refractivity contribution in [3.05, 3.63) is 58.6 Å². The Bertz CT molecular complexity index is 1040. The fraction of sp³-hybridized carbons (Fsp3) is 0.407. The van der Waals surface area contributed by atoms with Gasteiger partial charge in [0.15, 0.2) is 0 Å². The highest BCUT2D eigenvalue weighted by Crippen LogP contribution is 2.26. The van der Waals surface area contributed by atoms with Crippen LogP contribution >= 0.6 is 11.6 Å². The van der Waals surface area contributed by atoms with Crippen LogP contribution in [0.3, 0.4) is 0 Å². The lowest BCUT2D eigenvalue weighted by atomic mass is 9.92. The van der Waals surface area contributed by atoms with Gasteiger partial charge in [0, 0.05) is 25.2 Å². The molecule has 0 atom stereocenters. The van der Waals surface area contributed by atoms with Gasteiger partial charge in [-0.25, -0.2) is 0 Å². The maximum absolute atomic E-state index is 12.7. The largest absolute Gasteiger partial charge is 0.492 e. The highest BCUT2D eigenvalue weighted by Gasteiger charge is 2.25. The number of ether oxygens (including phenoxy) is 1. The van der Waals surface area contributed by atoms with E-state index >= 15 is 0 Å². The summed E-state index contributed by atoms with van der Waals surface area (Å²) in [5.74, 6) is 0.410. The number of hydrogen-bond acceptors (Lipinski definition) is 6. The third-order valence-corrected chi connectivity index (χ3v) is 5.76. The van der Waals surface area contributed by atoms with E-state index in [2.05, 4.69) is 34.1 Å². The number of carbonyl (C=O) groups is 2. The van der Waals surface area contributed by atoms with Crippen molar-refractivity contribution in [3.63, 3.8) is 0 Å². The van der Waals surface area contributed by atoms with Gasteiger partial charge in [-0.15, -0.1) is 0 Å². The molecule has 0 aromatic heterocycles. The van der Waals surface area contributed by atoms with E-state index in [4.69, 9.17) is 16.3 Å². The Labute approximate surface area is 218 Å². The predicted molar refractivity (Wildman–Crippen MR) is 147 cm³/mol. The maximum atomic E-state index is 12.7. The number of carbonyl (C=O) groups excluding carboxylic acids is 2. The lowest BCUT2D eigenvalue weighted by Crippen LogP contribution is -2.47. The minimum absolute atomic E-state index is 0.0104. The van der Waals surface area contributed by atoms with Crippen LogP contribution in [-0.4, -0.2) is 70.0 Å². The van der Waals surface area contributed by atoms with E-state index in [-0.39, 0.29) is 23.8 Å². The summed E-state index contributed by atoms with van der Waals surface area (Å²) in [6.45, 7) is 13.6. The van der Waals surface area contributed by atoms with Crippen molar-refractivity contribution in [1.29, 1.82) is 0 Å². The first-order chi connectivity index (χ1) is 17.2. The van der Waals surface area contributed by atoms with Gasteiger partial charge in [0.25, 0.3) is 5.91 Å². The van der Waals surface area contributed by atoms with Gasteiger partial charge in [-0.05, 0) is 74.3 Å². The molecular formula is C27H36ClN5O3. The number of likely N-dealkylation sites (N-methyl/N-ethyl adjacent to an activating group) is 1. The smallest absolute Gasteiger partial charge is 0.251 e. The Morgan fingerprint density at radius 3 is 2.47 bits per heavy atom. The molecule has 2 amide bonds. The monoisotopic (exact) mass is 513 g/mol. The van der Waals surface area contributed by atoms with Crippen molar-refractivity contribution in [1.82, 2.24) is 15.5 Å². The van der Waals surface area contributed by atoms with Crippen molar-refractivity contribution in [2.75, 3.05) is 39.8 Å². The van der Waals surface area contributed by atoms with Crippen LogP contribution in [0.4, 0.5) is 5.69 Å². The lowest BCUT2D eigenvalue weighted by molar-refractivity contribution is -0.131. The normalized spacial score (nSPS) is 11.0. The standard InChI is InChI=1S/C27H36ClN5O3/c1-27(2,18-32-26(35)21-8-10-22(31-5)11-9-21)19-33(25(34)17-30-4)13-6-14-36-24-12-7-20(16-29-3)15-23(24)28/h7-12,15,30H,3,5-6,13-14,16-19H2,1-2,4H3,(H,32,35). The average molecular weight is 514 g/mol. The first kappa shape index (κ1) is 29.0. The second kappa shape index (κ2) is 14.4. The molecule has 0 bridgehead atoms. The number of nitrogens with zero attached hydrogens (tertiary/aromatic N) is 3. The van der Waals surface area contributed by atoms with Gasteiger partial charge in [-0.3, -0.25) is 19.6 Å². The Balaban J connectivity index is 1.90. The zero-order valence-corrected chi connectivity index (χ0v) is 22.1. The van der Waals surface area contributed by atoms with Crippen molar-refractivity contribution in [2.24, 2.45) is 15.4 Å². The molecule has 9 heteroatoms. The molecule has 194 valence electrons. The van der Waals surface area contributed by atoms with Crippen molar-refractivity contribution >= 4 is 42.5 Å². The summed E-state index contributed by atoms with van der Waals surface area (Å²) in [4.78, 5) is 34.8. The Hall–Kier alpha value is -3.23. The predicted octanol–water partition coefficient (Wildman–Crippen LogP) is 4.15. The molecule has 0 radical (unpaired) electrons. The van der Waals surface area contributed by atoms with Gasteiger partial charge in [0.1, 0.15) is 5.75 Å². The van der Waals surface area contributed by atoms with E-state index in [1.807, 2.05) is 32.0 Å². The van der Waals surface area contributed by atoms with Crippen LogP contribution in [0.2, 0.25) is 5.02 Å². The van der Waals surface area contributed by atoms with Gasteiger partial charge in [0.2, 0.25) is 5.91 Å². The highest BCUT2D eigenvalue weighted by atomic mass is 35.5. The molecule has 0 saturated heterocycles. The molecule has 2 aromatic rings. The van der Waals surface area contributed by atoms with Crippen LogP contribution in [0, 0.1) is 5.41 Å². The number of benzene rings is 2. The summed E-state index contributed by atoms with van der Waals surface area (Å²) in [5, 5.41) is 6.41.